The molecule has 0 heterocycles. The Labute approximate surface area is 163 Å². The van der Waals surface area contributed by atoms with Crippen molar-refractivity contribution in [1.29, 1.82) is 0 Å². The minimum atomic E-state index is -0.352. The molecule has 27 heavy (non-hydrogen) atoms. The molecular weight excluding hydrogens is 338 g/mol. The van der Waals surface area contributed by atoms with Gasteiger partial charge >= 0.3 is 0 Å². The van der Waals surface area contributed by atoms with Gasteiger partial charge in [0.15, 0.2) is 5.76 Å². The molecule has 0 aromatic carbocycles. The molecule has 1 atom stereocenters. The lowest BCUT2D eigenvalue weighted by atomic mass is 9.78. The van der Waals surface area contributed by atoms with Crippen molar-refractivity contribution in [2.75, 3.05) is 6.54 Å². The largest absolute Gasteiger partial charge is 0.504 e. The maximum absolute atomic E-state index is 13.3. The first-order valence-electron chi connectivity index (χ1n) is 10.7. The average molecular weight is 374 g/mol. The number of aliphatic hydroxyl groups is 1. The standard InChI is InChI=1S/C23H35NO3/c1-4-6-8-13-18-20(24-14-9-7-5-2)22(26)19(23(27)21(18)25)17-12-10-11-16(3)15-17/h15,17,24,27H,4-14H2,1-3H3. The molecule has 2 aliphatic carbocycles. The number of Topliss-reactive ketones (excluding diaryl/α,β-unsaturated/α-hetero) is 2. The van der Waals surface area contributed by atoms with Crippen molar-refractivity contribution in [3.8, 4) is 0 Å². The molecule has 0 bridgehead atoms. The zero-order valence-corrected chi connectivity index (χ0v) is 17.2. The monoisotopic (exact) mass is 373 g/mol. The molecule has 1 unspecified atom stereocenters. The van der Waals surface area contributed by atoms with Crippen molar-refractivity contribution < 1.29 is 14.7 Å². The van der Waals surface area contributed by atoms with E-state index in [0.717, 1.165) is 57.8 Å². The zero-order chi connectivity index (χ0) is 19.8. The number of allylic oxidation sites excluding steroid dienone is 4. The van der Waals surface area contributed by atoms with Gasteiger partial charge < -0.3 is 10.4 Å². The van der Waals surface area contributed by atoms with Gasteiger partial charge in [0.05, 0.1) is 11.3 Å². The topological polar surface area (TPSA) is 66.4 Å². The van der Waals surface area contributed by atoms with Gasteiger partial charge in [0.2, 0.25) is 11.6 Å². The molecular formula is C23H35NO3. The van der Waals surface area contributed by atoms with Crippen LogP contribution in [0, 0.1) is 5.92 Å². The Kier molecular flexibility index (Phi) is 8.33. The molecule has 0 spiro atoms. The van der Waals surface area contributed by atoms with Gasteiger partial charge in [-0.05, 0) is 45.4 Å². The Morgan fingerprint density at radius 3 is 2.44 bits per heavy atom. The highest BCUT2D eigenvalue weighted by Crippen LogP contribution is 2.35. The molecule has 0 amide bonds. The quantitative estimate of drug-likeness (QED) is 0.309. The molecule has 2 N–H and O–H groups in total. The van der Waals surface area contributed by atoms with E-state index >= 15 is 0 Å². The van der Waals surface area contributed by atoms with Crippen LogP contribution in [0.5, 0.6) is 0 Å². The van der Waals surface area contributed by atoms with E-state index in [1.807, 2.05) is 0 Å². The summed E-state index contributed by atoms with van der Waals surface area (Å²) in [5, 5.41) is 13.9. The normalized spacial score (nSPS) is 21.0. The lowest BCUT2D eigenvalue weighted by Gasteiger charge is -2.28. The number of carbonyl (C=O) groups is 2. The smallest absolute Gasteiger partial charge is 0.225 e. The van der Waals surface area contributed by atoms with Crippen molar-refractivity contribution in [3.05, 3.63) is 34.3 Å². The SMILES string of the molecule is CCCCCNC1=C(CCCCC)C(=O)C(O)=C(C2C=C(C)CCC2)C1=O. The maximum Gasteiger partial charge on any atom is 0.225 e. The second-order valence-corrected chi connectivity index (χ2v) is 7.88. The molecule has 2 rings (SSSR count). The molecule has 150 valence electrons. The van der Waals surface area contributed by atoms with Gasteiger partial charge in [-0.15, -0.1) is 0 Å². The highest BCUT2D eigenvalue weighted by atomic mass is 16.3. The summed E-state index contributed by atoms with van der Waals surface area (Å²) in [6, 6.07) is 0. The molecule has 0 aromatic heterocycles. The molecule has 4 heteroatoms. The number of hydrogen-bond acceptors (Lipinski definition) is 4. The van der Waals surface area contributed by atoms with Gasteiger partial charge in [-0.25, -0.2) is 0 Å². The van der Waals surface area contributed by atoms with Crippen molar-refractivity contribution in [2.45, 2.75) is 85.0 Å². The van der Waals surface area contributed by atoms with E-state index < -0.39 is 0 Å². The number of carbonyl (C=O) groups excluding carboxylic acids is 2. The van der Waals surface area contributed by atoms with Crippen LogP contribution in [0.2, 0.25) is 0 Å². The third-order valence-electron chi connectivity index (χ3n) is 5.57. The summed E-state index contributed by atoms with van der Waals surface area (Å²) < 4.78 is 0. The predicted octanol–water partition coefficient (Wildman–Crippen LogP) is 5.31. The van der Waals surface area contributed by atoms with Gasteiger partial charge in [-0.2, -0.15) is 0 Å². The molecule has 4 nitrogen and oxygen atoms in total. The van der Waals surface area contributed by atoms with Gasteiger partial charge in [-0.3, -0.25) is 9.59 Å². The lowest BCUT2D eigenvalue weighted by Crippen LogP contribution is -2.34. The Bertz CT molecular complexity index is 655. The van der Waals surface area contributed by atoms with E-state index in [4.69, 9.17) is 0 Å². The number of aliphatic hydroxyl groups excluding tert-OH is 1. The third kappa shape index (κ3) is 5.33. The van der Waals surface area contributed by atoms with E-state index in [9.17, 15) is 14.7 Å². The van der Waals surface area contributed by atoms with Gasteiger partial charge in [0.1, 0.15) is 0 Å². The van der Waals surface area contributed by atoms with Crippen LogP contribution in [0.3, 0.4) is 0 Å². The van der Waals surface area contributed by atoms with Crippen LogP contribution < -0.4 is 5.32 Å². The first-order valence-corrected chi connectivity index (χ1v) is 10.7. The fourth-order valence-corrected chi connectivity index (χ4v) is 4.01. The number of unbranched alkanes of at least 4 members (excludes halogenated alkanes) is 4. The van der Waals surface area contributed by atoms with E-state index in [0.29, 0.717) is 29.8 Å². The highest BCUT2D eigenvalue weighted by molar-refractivity contribution is 6.24. The van der Waals surface area contributed by atoms with Gasteiger partial charge in [0, 0.05) is 18.0 Å². The van der Waals surface area contributed by atoms with Crippen molar-refractivity contribution >= 4 is 11.6 Å². The average Bonchev–Trinajstić information content (AvgIpc) is 2.65. The Morgan fingerprint density at radius 2 is 1.78 bits per heavy atom. The van der Waals surface area contributed by atoms with Crippen LogP contribution in [-0.2, 0) is 9.59 Å². The molecule has 0 aromatic rings. The number of ketones is 2. The van der Waals surface area contributed by atoms with Crippen LogP contribution in [0.25, 0.3) is 0 Å². The Balaban J connectivity index is 2.30. The van der Waals surface area contributed by atoms with Gasteiger partial charge in [-0.1, -0.05) is 51.2 Å². The first kappa shape index (κ1) is 21.5. The number of rotatable bonds is 10. The van der Waals surface area contributed by atoms with Crippen molar-refractivity contribution in [2.24, 2.45) is 5.92 Å². The molecule has 0 fully saturated rings. The second kappa shape index (κ2) is 10.5. The summed E-state index contributed by atoms with van der Waals surface area (Å²) in [6.07, 6.45) is 11.5. The lowest BCUT2D eigenvalue weighted by molar-refractivity contribution is -0.119. The van der Waals surface area contributed by atoms with Crippen LogP contribution in [0.15, 0.2) is 34.3 Å². The summed E-state index contributed by atoms with van der Waals surface area (Å²) in [5.74, 6) is -0.997. The number of hydrogen-bond donors (Lipinski definition) is 2. The van der Waals surface area contributed by atoms with Crippen LogP contribution in [0.4, 0.5) is 0 Å². The van der Waals surface area contributed by atoms with E-state index in [-0.39, 0.29) is 23.2 Å². The summed E-state index contributed by atoms with van der Waals surface area (Å²) in [5.41, 5.74) is 2.44. The van der Waals surface area contributed by atoms with Crippen molar-refractivity contribution in [3.63, 3.8) is 0 Å². The Hall–Kier alpha value is -1.84. The Morgan fingerprint density at radius 1 is 1.07 bits per heavy atom. The van der Waals surface area contributed by atoms with Crippen LogP contribution >= 0.6 is 0 Å². The fraction of sp³-hybridized carbons (Fsp3) is 0.652. The van der Waals surface area contributed by atoms with Crippen LogP contribution in [-0.4, -0.2) is 23.2 Å². The summed E-state index contributed by atoms with van der Waals surface area (Å²) in [7, 11) is 0. The van der Waals surface area contributed by atoms with Crippen molar-refractivity contribution in [1.82, 2.24) is 5.32 Å². The molecule has 0 saturated carbocycles. The highest BCUT2D eigenvalue weighted by Gasteiger charge is 2.37. The molecule has 0 aliphatic heterocycles. The van der Waals surface area contributed by atoms with E-state index in [2.05, 4.69) is 32.2 Å². The summed E-state index contributed by atoms with van der Waals surface area (Å²) in [4.78, 5) is 26.2. The van der Waals surface area contributed by atoms with Crippen LogP contribution in [0.1, 0.15) is 85.0 Å². The number of nitrogens with one attached hydrogen (secondary N) is 1. The van der Waals surface area contributed by atoms with E-state index in [1.54, 1.807) is 0 Å². The third-order valence-corrected chi connectivity index (χ3v) is 5.57. The molecule has 2 aliphatic rings. The molecule has 0 radical (unpaired) electrons. The zero-order valence-electron chi connectivity index (χ0n) is 17.2. The first-order chi connectivity index (χ1) is 13.0. The summed E-state index contributed by atoms with van der Waals surface area (Å²) in [6.45, 7) is 6.99. The second-order valence-electron chi connectivity index (χ2n) is 7.88. The maximum atomic E-state index is 13.3. The predicted molar refractivity (Wildman–Crippen MR) is 109 cm³/mol. The molecule has 0 saturated heterocycles. The minimum absolute atomic E-state index is 0.153. The summed E-state index contributed by atoms with van der Waals surface area (Å²) >= 11 is 0. The fourth-order valence-electron chi connectivity index (χ4n) is 4.01. The van der Waals surface area contributed by atoms with E-state index in [1.165, 1.54) is 5.57 Å². The minimum Gasteiger partial charge on any atom is -0.504 e. The van der Waals surface area contributed by atoms with Gasteiger partial charge in [0.25, 0.3) is 0 Å².